The maximum absolute atomic E-state index is 6.57. The number of benzene rings is 1. The number of rotatable bonds is 3. The monoisotopic (exact) mass is 366 g/mol. The molecule has 1 aromatic carbocycles. The molecule has 4 aliphatic carbocycles. The molecule has 0 radical (unpaired) electrons. The first-order valence-corrected chi connectivity index (χ1v) is 11.8. The van der Waals surface area contributed by atoms with Crippen molar-refractivity contribution in [2.75, 3.05) is 0 Å². The number of hydrogen-bond donors (Lipinski definition) is 0. The van der Waals surface area contributed by atoms with E-state index in [0.29, 0.717) is 16.9 Å². The van der Waals surface area contributed by atoms with Crippen LogP contribution in [0, 0.1) is 34.5 Å². The molecular weight excluding hydrogens is 328 g/mol. The van der Waals surface area contributed by atoms with Crippen molar-refractivity contribution in [1.29, 1.82) is 0 Å². The van der Waals surface area contributed by atoms with Crippen molar-refractivity contribution >= 4 is 0 Å². The molecule has 1 heteroatoms. The minimum atomic E-state index is 0.424. The van der Waals surface area contributed by atoms with Gasteiger partial charge in [0, 0.05) is 0 Å². The van der Waals surface area contributed by atoms with Crippen LogP contribution in [0.2, 0.25) is 0 Å². The van der Waals surface area contributed by atoms with Crippen LogP contribution in [0.15, 0.2) is 30.3 Å². The second-order valence-electron chi connectivity index (χ2n) is 10.8. The Morgan fingerprint density at radius 3 is 2.48 bits per heavy atom. The summed E-state index contributed by atoms with van der Waals surface area (Å²) in [7, 11) is 0. The molecule has 4 aliphatic rings. The Kier molecular flexibility index (Phi) is 4.66. The van der Waals surface area contributed by atoms with Gasteiger partial charge in [-0.05, 0) is 91.4 Å². The Morgan fingerprint density at radius 2 is 1.63 bits per heavy atom. The van der Waals surface area contributed by atoms with E-state index >= 15 is 0 Å². The lowest BCUT2D eigenvalue weighted by atomic mass is 9.45. The normalized spacial score (nSPS) is 46.4. The molecule has 1 nitrogen and oxygen atoms in total. The highest BCUT2D eigenvalue weighted by atomic mass is 16.5. The lowest BCUT2D eigenvalue weighted by Gasteiger charge is -2.60. The molecule has 0 unspecified atom stereocenters. The fourth-order valence-corrected chi connectivity index (χ4v) is 8.29. The van der Waals surface area contributed by atoms with Gasteiger partial charge in [0.15, 0.2) is 0 Å². The van der Waals surface area contributed by atoms with Gasteiger partial charge in [-0.1, -0.05) is 57.0 Å². The largest absolute Gasteiger partial charge is 0.373 e. The van der Waals surface area contributed by atoms with E-state index in [1.165, 1.54) is 69.8 Å². The standard InChI is InChI=1S/C26H38O/c1-25-16-7-6-10-20(25)11-12-21-22-13-14-24(26(22,2)17-15-23(21)25)27-18-19-8-4-3-5-9-19/h3-5,8-9,20-24H,6-7,10-18H2,1-2H3/t20-,21-,22-,23+,24+,25+,26+/m1/s1. The summed E-state index contributed by atoms with van der Waals surface area (Å²) in [5.74, 6) is 3.93. The number of fused-ring (bicyclic) bond motifs is 5. The van der Waals surface area contributed by atoms with Gasteiger partial charge in [-0.3, -0.25) is 0 Å². The molecule has 5 rings (SSSR count). The zero-order valence-corrected chi connectivity index (χ0v) is 17.5. The van der Waals surface area contributed by atoms with Crippen molar-refractivity contribution in [3.05, 3.63) is 35.9 Å². The second kappa shape index (κ2) is 6.90. The minimum absolute atomic E-state index is 0.424. The maximum Gasteiger partial charge on any atom is 0.0720 e. The smallest absolute Gasteiger partial charge is 0.0720 e. The molecule has 27 heavy (non-hydrogen) atoms. The zero-order valence-electron chi connectivity index (χ0n) is 17.5. The maximum atomic E-state index is 6.57. The van der Waals surface area contributed by atoms with Crippen molar-refractivity contribution in [2.24, 2.45) is 34.5 Å². The van der Waals surface area contributed by atoms with Gasteiger partial charge in [-0.25, -0.2) is 0 Å². The van der Waals surface area contributed by atoms with E-state index in [2.05, 4.69) is 44.2 Å². The SMILES string of the molecule is C[C@]12CCCC[C@@H]1CC[C@@H]1[C@H]3CC[C@H](OCc4ccccc4)[C@@]3(C)CC[C@@H]12. The average molecular weight is 367 g/mol. The van der Waals surface area contributed by atoms with E-state index in [9.17, 15) is 0 Å². The molecule has 0 amide bonds. The van der Waals surface area contributed by atoms with Crippen LogP contribution < -0.4 is 0 Å². The first kappa shape index (κ1) is 18.2. The van der Waals surface area contributed by atoms with Gasteiger partial charge in [0.05, 0.1) is 12.7 Å². The van der Waals surface area contributed by atoms with Crippen LogP contribution in [0.5, 0.6) is 0 Å². The lowest BCUT2D eigenvalue weighted by molar-refractivity contribution is -0.132. The van der Waals surface area contributed by atoms with Gasteiger partial charge in [0.1, 0.15) is 0 Å². The van der Waals surface area contributed by atoms with E-state index in [1.807, 2.05) is 0 Å². The van der Waals surface area contributed by atoms with Crippen LogP contribution in [-0.2, 0) is 11.3 Å². The molecule has 0 bridgehead atoms. The molecule has 0 saturated heterocycles. The van der Waals surface area contributed by atoms with Crippen LogP contribution in [-0.4, -0.2) is 6.10 Å². The van der Waals surface area contributed by atoms with E-state index in [0.717, 1.165) is 30.3 Å². The third-order valence-electron chi connectivity index (χ3n) is 9.79. The zero-order chi connectivity index (χ0) is 18.5. The van der Waals surface area contributed by atoms with E-state index in [-0.39, 0.29) is 0 Å². The molecule has 148 valence electrons. The molecule has 0 spiro atoms. The van der Waals surface area contributed by atoms with E-state index in [1.54, 1.807) is 0 Å². The van der Waals surface area contributed by atoms with Crippen molar-refractivity contribution in [2.45, 2.75) is 90.8 Å². The fraction of sp³-hybridized carbons (Fsp3) is 0.769. The topological polar surface area (TPSA) is 9.23 Å². The predicted molar refractivity (Wildman–Crippen MR) is 111 cm³/mol. The van der Waals surface area contributed by atoms with Gasteiger partial charge in [0.2, 0.25) is 0 Å². The van der Waals surface area contributed by atoms with Crippen molar-refractivity contribution in [1.82, 2.24) is 0 Å². The van der Waals surface area contributed by atoms with Gasteiger partial charge in [-0.15, -0.1) is 0 Å². The molecule has 0 N–H and O–H groups in total. The number of ether oxygens (including phenoxy) is 1. The quantitative estimate of drug-likeness (QED) is 0.559. The summed E-state index contributed by atoms with van der Waals surface area (Å²) in [5.41, 5.74) is 2.41. The van der Waals surface area contributed by atoms with E-state index < -0.39 is 0 Å². The molecule has 1 aromatic rings. The van der Waals surface area contributed by atoms with Gasteiger partial charge in [-0.2, -0.15) is 0 Å². The first-order chi connectivity index (χ1) is 13.1. The Hall–Kier alpha value is -0.820. The van der Waals surface area contributed by atoms with E-state index in [4.69, 9.17) is 4.74 Å². The molecule has 7 atom stereocenters. The summed E-state index contributed by atoms with van der Waals surface area (Å²) >= 11 is 0. The van der Waals surface area contributed by atoms with Crippen LogP contribution in [0.4, 0.5) is 0 Å². The molecule has 0 heterocycles. The molecule has 4 fully saturated rings. The molecule has 4 saturated carbocycles. The Bertz CT molecular complexity index is 653. The molecular formula is C26H38O. The Morgan fingerprint density at radius 1 is 0.815 bits per heavy atom. The highest BCUT2D eigenvalue weighted by Crippen LogP contribution is 2.66. The summed E-state index contributed by atoms with van der Waals surface area (Å²) in [5, 5.41) is 0. The van der Waals surface area contributed by atoms with Gasteiger partial charge >= 0.3 is 0 Å². The second-order valence-corrected chi connectivity index (χ2v) is 10.8. The van der Waals surface area contributed by atoms with Gasteiger partial charge in [0.25, 0.3) is 0 Å². The summed E-state index contributed by atoms with van der Waals surface area (Å²) in [6.45, 7) is 6.07. The highest BCUT2D eigenvalue weighted by Gasteiger charge is 2.59. The fourth-order valence-electron chi connectivity index (χ4n) is 8.29. The predicted octanol–water partition coefficient (Wildman–Crippen LogP) is 7.00. The molecule has 0 aromatic heterocycles. The third-order valence-corrected chi connectivity index (χ3v) is 9.79. The van der Waals surface area contributed by atoms with Crippen LogP contribution in [0.1, 0.15) is 83.6 Å². The third kappa shape index (κ3) is 2.91. The Balaban J connectivity index is 1.32. The Labute approximate surface area is 166 Å². The summed E-state index contributed by atoms with van der Waals surface area (Å²) in [6.07, 6.45) is 15.1. The summed E-state index contributed by atoms with van der Waals surface area (Å²) < 4.78 is 6.57. The van der Waals surface area contributed by atoms with Gasteiger partial charge < -0.3 is 4.74 Å². The van der Waals surface area contributed by atoms with Crippen LogP contribution >= 0.6 is 0 Å². The first-order valence-electron chi connectivity index (χ1n) is 11.8. The number of hydrogen-bond acceptors (Lipinski definition) is 1. The average Bonchev–Trinajstić information content (AvgIpc) is 3.03. The molecule has 0 aliphatic heterocycles. The highest BCUT2D eigenvalue weighted by molar-refractivity contribution is 5.14. The summed E-state index contributed by atoms with van der Waals surface area (Å²) in [6, 6.07) is 10.8. The van der Waals surface area contributed by atoms with Crippen molar-refractivity contribution in [3.8, 4) is 0 Å². The van der Waals surface area contributed by atoms with Crippen molar-refractivity contribution in [3.63, 3.8) is 0 Å². The van der Waals surface area contributed by atoms with Crippen LogP contribution in [0.3, 0.4) is 0 Å². The van der Waals surface area contributed by atoms with Crippen LogP contribution in [0.25, 0.3) is 0 Å². The minimum Gasteiger partial charge on any atom is -0.373 e. The lowest BCUT2D eigenvalue weighted by Crippen LogP contribution is -2.53. The summed E-state index contributed by atoms with van der Waals surface area (Å²) in [4.78, 5) is 0. The van der Waals surface area contributed by atoms with Crippen molar-refractivity contribution < 1.29 is 4.74 Å².